The SMILES string of the molecule is CNC(=O)C1=CC=CCC1=S. The zero-order valence-electron chi connectivity index (χ0n) is 6.26. The van der Waals surface area contributed by atoms with Crippen molar-refractivity contribution < 1.29 is 4.79 Å². The van der Waals surface area contributed by atoms with Crippen molar-refractivity contribution in [2.75, 3.05) is 7.05 Å². The predicted octanol–water partition coefficient (Wildman–Crippen LogP) is 0.989. The molecule has 0 unspecified atom stereocenters. The Labute approximate surface area is 71.0 Å². The van der Waals surface area contributed by atoms with E-state index in [0.717, 1.165) is 0 Å². The molecule has 0 aromatic rings. The highest BCUT2D eigenvalue weighted by Crippen LogP contribution is 2.09. The van der Waals surface area contributed by atoms with E-state index in [0.29, 0.717) is 16.9 Å². The van der Waals surface area contributed by atoms with Crippen molar-refractivity contribution in [1.82, 2.24) is 5.32 Å². The van der Waals surface area contributed by atoms with E-state index >= 15 is 0 Å². The number of rotatable bonds is 1. The van der Waals surface area contributed by atoms with Gasteiger partial charge in [0.25, 0.3) is 5.91 Å². The fraction of sp³-hybridized carbons (Fsp3) is 0.250. The Morgan fingerprint density at radius 1 is 1.73 bits per heavy atom. The van der Waals surface area contributed by atoms with Crippen LogP contribution in [0.2, 0.25) is 0 Å². The summed E-state index contributed by atoms with van der Waals surface area (Å²) in [6, 6.07) is 0. The van der Waals surface area contributed by atoms with Gasteiger partial charge in [-0.05, 0) is 6.08 Å². The zero-order valence-corrected chi connectivity index (χ0v) is 7.07. The van der Waals surface area contributed by atoms with Crippen LogP contribution in [0.4, 0.5) is 0 Å². The fourth-order valence-corrected chi connectivity index (χ4v) is 1.14. The Balaban J connectivity index is 2.84. The Bertz CT molecular complexity index is 253. The molecular weight excluding hydrogens is 158 g/mol. The average molecular weight is 167 g/mol. The monoisotopic (exact) mass is 167 g/mol. The van der Waals surface area contributed by atoms with Gasteiger partial charge in [-0.25, -0.2) is 0 Å². The molecule has 0 spiro atoms. The predicted molar refractivity (Wildman–Crippen MR) is 48.5 cm³/mol. The number of thiocarbonyl (C=S) groups is 1. The molecule has 3 heteroatoms. The van der Waals surface area contributed by atoms with Crippen LogP contribution in [0.25, 0.3) is 0 Å². The largest absolute Gasteiger partial charge is 0.355 e. The highest BCUT2D eigenvalue weighted by Gasteiger charge is 2.12. The molecule has 1 aliphatic rings. The van der Waals surface area contributed by atoms with Gasteiger partial charge in [-0.3, -0.25) is 4.79 Å². The first-order valence-electron chi connectivity index (χ1n) is 3.38. The molecule has 1 N–H and O–H groups in total. The topological polar surface area (TPSA) is 29.1 Å². The van der Waals surface area contributed by atoms with Gasteiger partial charge in [0.2, 0.25) is 0 Å². The van der Waals surface area contributed by atoms with E-state index in [1.165, 1.54) is 0 Å². The molecule has 0 heterocycles. The third-order valence-corrected chi connectivity index (χ3v) is 1.86. The lowest BCUT2D eigenvalue weighted by Crippen LogP contribution is -2.24. The van der Waals surface area contributed by atoms with Gasteiger partial charge in [0.15, 0.2) is 0 Å². The van der Waals surface area contributed by atoms with Crippen LogP contribution < -0.4 is 5.32 Å². The summed E-state index contributed by atoms with van der Waals surface area (Å²) in [6.07, 6.45) is 6.23. The van der Waals surface area contributed by atoms with Crippen molar-refractivity contribution >= 4 is 23.0 Å². The maximum absolute atomic E-state index is 11.1. The molecule has 0 saturated carbocycles. The van der Waals surface area contributed by atoms with Gasteiger partial charge >= 0.3 is 0 Å². The van der Waals surface area contributed by atoms with Crippen LogP contribution >= 0.6 is 12.2 Å². The lowest BCUT2D eigenvalue weighted by Gasteiger charge is -2.07. The first kappa shape index (κ1) is 8.14. The molecule has 1 aliphatic carbocycles. The molecule has 0 bridgehead atoms. The van der Waals surface area contributed by atoms with E-state index in [-0.39, 0.29) is 5.91 Å². The summed E-state index contributed by atoms with van der Waals surface area (Å²) in [5.74, 6) is -0.0978. The van der Waals surface area contributed by atoms with Gasteiger partial charge in [0, 0.05) is 18.3 Å². The van der Waals surface area contributed by atoms with Crippen LogP contribution in [0.1, 0.15) is 6.42 Å². The van der Waals surface area contributed by atoms with E-state index in [9.17, 15) is 4.79 Å². The molecule has 0 aromatic heterocycles. The number of amides is 1. The molecule has 11 heavy (non-hydrogen) atoms. The minimum Gasteiger partial charge on any atom is -0.355 e. The number of allylic oxidation sites excluding steroid dienone is 3. The van der Waals surface area contributed by atoms with Crippen molar-refractivity contribution in [3.05, 3.63) is 23.8 Å². The van der Waals surface area contributed by atoms with Crippen LogP contribution in [-0.4, -0.2) is 17.8 Å². The second-order valence-electron chi connectivity index (χ2n) is 2.21. The van der Waals surface area contributed by atoms with Gasteiger partial charge in [-0.2, -0.15) is 0 Å². The zero-order chi connectivity index (χ0) is 8.27. The molecule has 2 nitrogen and oxygen atoms in total. The quantitative estimate of drug-likeness (QED) is 0.590. The molecule has 0 aliphatic heterocycles. The second kappa shape index (κ2) is 3.44. The van der Waals surface area contributed by atoms with Crippen molar-refractivity contribution in [1.29, 1.82) is 0 Å². The Hall–Kier alpha value is -0.960. The van der Waals surface area contributed by atoms with E-state index in [1.807, 2.05) is 12.2 Å². The highest BCUT2D eigenvalue weighted by atomic mass is 32.1. The standard InChI is InChI=1S/C8H9NOS/c1-9-8(10)6-4-2-3-5-7(6)11/h2-4H,5H2,1H3,(H,9,10). The molecular formula is C8H9NOS. The normalized spacial score (nSPS) is 16.1. The van der Waals surface area contributed by atoms with Crippen LogP contribution in [0.15, 0.2) is 23.8 Å². The maximum atomic E-state index is 11.1. The van der Waals surface area contributed by atoms with E-state index in [4.69, 9.17) is 12.2 Å². The van der Waals surface area contributed by atoms with Crippen LogP contribution in [-0.2, 0) is 4.79 Å². The summed E-state index contributed by atoms with van der Waals surface area (Å²) in [4.78, 5) is 11.8. The van der Waals surface area contributed by atoms with Crippen molar-refractivity contribution in [3.8, 4) is 0 Å². The summed E-state index contributed by atoms with van der Waals surface area (Å²) in [5.41, 5.74) is 0.616. The molecule has 0 saturated heterocycles. The number of carbonyl (C=O) groups is 1. The van der Waals surface area contributed by atoms with Gasteiger partial charge < -0.3 is 5.32 Å². The van der Waals surface area contributed by atoms with Gasteiger partial charge in [0.1, 0.15) is 0 Å². The van der Waals surface area contributed by atoms with Gasteiger partial charge in [-0.1, -0.05) is 24.4 Å². The van der Waals surface area contributed by atoms with Crippen LogP contribution in [0.3, 0.4) is 0 Å². The molecule has 0 fully saturated rings. The molecule has 0 atom stereocenters. The number of nitrogens with one attached hydrogen (secondary N) is 1. The molecule has 58 valence electrons. The number of hydrogen-bond acceptors (Lipinski definition) is 2. The Morgan fingerprint density at radius 3 is 3.00 bits per heavy atom. The minimum absolute atomic E-state index is 0.0978. The van der Waals surface area contributed by atoms with E-state index in [1.54, 1.807) is 13.1 Å². The Morgan fingerprint density at radius 2 is 2.45 bits per heavy atom. The smallest absolute Gasteiger partial charge is 0.252 e. The number of hydrogen-bond donors (Lipinski definition) is 1. The second-order valence-corrected chi connectivity index (χ2v) is 2.71. The first-order valence-corrected chi connectivity index (χ1v) is 3.78. The summed E-state index contributed by atoms with van der Waals surface area (Å²) in [6.45, 7) is 0. The average Bonchev–Trinajstić information content (AvgIpc) is 2.04. The molecule has 1 rings (SSSR count). The third kappa shape index (κ3) is 1.74. The summed E-state index contributed by atoms with van der Waals surface area (Å²) in [5, 5.41) is 2.54. The summed E-state index contributed by atoms with van der Waals surface area (Å²) >= 11 is 4.99. The van der Waals surface area contributed by atoms with Gasteiger partial charge in [-0.15, -0.1) is 0 Å². The maximum Gasteiger partial charge on any atom is 0.252 e. The number of carbonyl (C=O) groups excluding carboxylic acids is 1. The van der Waals surface area contributed by atoms with Crippen molar-refractivity contribution in [2.24, 2.45) is 0 Å². The minimum atomic E-state index is -0.0978. The first-order chi connectivity index (χ1) is 5.25. The third-order valence-electron chi connectivity index (χ3n) is 1.47. The van der Waals surface area contributed by atoms with Gasteiger partial charge in [0.05, 0.1) is 5.57 Å². The lowest BCUT2D eigenvalue weighted by atomic mass is 10.0. The van der Waals surface area contributed by atoms with E-state index in [2.05, 4.69) is 5.32 Å². The molecule has 0 aromatic carbocycles. The van der Waals surface area contributed by atoms with Crippen molar-refractivity contribution in [3.63, 3.8) is 0 Å². The van der Waals surface area contributed by atoms with Crippen molar-refractivity contribution in [2.45, 2.75) is 6.42 Å². The lowest BCUT2D eigenvalue weighted by molar-refractivity contribution is -0.116. The number of likely N-dealkylation sites (N-methyl/N-ethyl adjacent to an activating group) is 1. The van der Waals surface area contributed by atoms with Crippen LogP contribution in [0, 0.1) is 0 Å². The summed E-state index contributed by atoms with van der Waals surface area (Å²) in [7, 11) is 1.60. The summed E-state index contributed by atoms with van der Waals surface area (Å²) < 4.78 is 0. The molecule has 0 radical (unpaired) electrons. The fourth-order valence-electron chi connectivity index (χ4n) is 0.879. The van der Waals surface area contributed by atoms with Crippen LogP contribution in [0.5, 0.6) is 0 Å². The van der Waals surface area contributed by atoms with E-state index < -0.39 is 0 Å². The molecule has 1 amide bonds. The Kier molecular flexibility index (Phi) is 2.54. The highest BCUT2D eigenvalue weighted by molar-refractivity contribution is 7.81.